The Morgan fingerprint density at radius 1 is 0.879 bits per heavy atom. The van der Waals surface area contributed by atoms with Crippen LogP contribution in [0.1, 0.15) is 23.1 Å². The topological polar surface area (TPSA) is 79.8 Å². The molecule has 0 N–H and O–H groups in total. The van der Waals surface area contributed by atoms with Gasteiger partial charge in [0.05, 0.1) is 26.5 Å². The maximum Gasteiger partial charge on any atom is 0.358 e. The van der Waals surface area contributed by atoms with E-state index in [4.69, 9.17) is 18.9 Å². The number of esters is 1. The van der Waals surface area contributed by atoms with E-state index >= 15 is 0 Å². The smallest absolute Gasteiger partial charge is 0.358 e. The van der Waals surface area contributed by atoms with Gasteiger partial charge in [-0.1, -0.05) is 0 Å². The molecule has 4 rings (SSSR count). The molecule has 0 amide bonds. The van der Waals surface area contributed by atoms with Crippen LogP contribution in [0.5, 0.6) is 17.2 Å². The molecule has 0 unspecified atom stereocenters. The lowest BCUT2D eigenvalue weighted by Crippen LogP contribution is -2.05. The Morgan fingerprint density at radius 2 is 1.61 bits per heavy atom. The van der Waals surface area contributed by atoms with Gasteiger partial charge in [0.15, 0.2) is 17.2 Å². The fourth-order valence-electron chi connectivity index (χ4n) is 3.03. The van der Waals surface area contributed by atoms with Crippen LogP contribution in [0.2, 0.25) is 0 Å². The zero-order chi connectivity index (χ0) is 23.2. The SMILES string of the molecule is CCOc1ccc(-c2nc(COC(=O)c3csc(-c4ccc(OC)cc4)n3)cs2)cc1OC. The van der Waals surface area contributed by atoms with Gasteiger partial charge in [-0.25, -0.2) is 14.8 Å². The van der Waals surface area contributed by atoms with Gasteiger partial charge >= 0.3 is 5.97 Å². The molecule has 0 aliphatic carbocycles. The molecule has 0 saturated carbocycles. The number of rotatable bonds is 9. The monoisotopic (exact) mass is 482 g/mol. The summed E-state index contributed by atoms with van der Waals surface area (Å²) in [4.78, 5) is 21.5. The van der Waals surface area contributed by atoms with Crippen molar-refractivity contribution in [2.75, 3.05) is 20.8 Å². The Labute approximate surface area is 199 Å². The summed E-state index contributed by atoms with van der Waals surface area (Å²) in [5, 5.41) is 5.11. The molecule has 0 saturated heterocycles. The minimum absolute atomic E-state index is 0.0683. The van der Waals surface area contributed by atoms with E-state index in [0.717, 1.165) is 26.9 Å². The number of carbonyl (C=O) groups is 1. The fraction of sp³-hybridized carbons (Fsp3) is 0.208. The second-order valence-electron chi connectivity index (χ2n) is 6.79. The first-order chi connectivity index (χ1) is 16.1. The fourth-order valence-corrected chi connectivity index (χ4v) is 4.63. The zero-order valence-electron chi connectivity index (χ0n) is 18.4. The van der Waals surface area contributed by atoms with Crippen molar-refractivity contribution >= 4 is 28.6 Å². The normalized spacial score (nSPS) is 10.6. The molecule has 0 atom stereocenters. The summed E-state index contributed by atoms with van der Waals surface area (Å²) < 4.78 is 21.6. The van der Waals surface area contributed by atoms with Crippen molar-refractivity contribution in [2.45, 2.75) is 13.5 Å². The third kappa shape index (κ3) is 5.32. The average molecular weight is 483 g/mol. The van der Waals surface area contributed by atoms with Crippen molar-refractivity contribution in [1.29, 1.82) is 0 Å². The van der Waals surface area contributed by atoms with E-state index in [2.05, 4.69) is 9.97 Å². The van der Waals surface area contributed by atoms with Crippen LogP contribution in [0.25, 0.3) is 21.1 Å². The molecule has 2 aromatic heterocycles. The molecule has 2 heterocycles. The third-order valence-electron chi connectivity index (χ3n) is 4.66. The van der Waals surface area contributed by atoms with Crippen LogP contribution in [0.4, 0.5) is 0 Å². The molecule has 0 fully saturated rings. The third-order valence-corrected chi connectivity index (χ3v) is 6.50. The largest absolute Gasteiger partial charge is 0.497 e. The lowest BCUT2D eigenvalue weighted by molar-refractivity contribution is 0.0462. The molecule has 0 aliphatic heterocycles. The van der Waals surface area contributed by atoms with Gasteiger partial charge in [0.25, 0.3) is 0 Å². The maximum absolute atomic E-state index is 12.5. The minimum atomic E-state index is -0.483. The summed E-state index contributed by atoms with van der Waals surface area (Å²) in [5.74, 6) is 1.62. The van der Waals surface area contributed by atoms with E-state index in [0.29, 0.717) is 23.8 Å². The number of thiazole rings is 2. The molecule has 170 valence electrons. The quantitative estimate of drug-likeness (QED) is 0.283. The van der Waals surface area contributed by atoms with E-state index < -0.39 is 5.97 Å². The second-order valence-corrected chi connectivity index (χ2v) is 8.50. The van der Waals surface area contributed by atoms with Gasteiger partial charge in [-0.2, -0.15) is 0 Å². The van der Waals surface area contributed by atoms with E-state index in [9.17, 15) is 4.79 Å². The standard InChI is InChI=1S/C24H22N2O5S2/c1-4-30-20-10-7-16(11-21(20)29-3)23-25-17(13-32-23)12-31-24(27)19-14-33-22(26-19)15-5-8-18(28-2)9-6-15/h5-11,13-14H,4,12H2,1-3H3. The second kappa shape index (κ2) is 10.5. The van der Waals surface area contributed by atoms with Crippen molar-refractivity contribution < 1.29 is 23.7 Å². The number of hydrogen-bond donors (Lipinski definition) is 0. The van der Waals surface area contributed by atoms with Crippen molar-refractivity contribution in [3.8, 4) is 38.4 Å². The molecule has 0 spiro atoms. The summed E-state index contributed by atoms with van der Waals surface area (Å²) in [5.41, 5.74) is 2.76. The van der Waals surface area contributed by atoms with Gasteiger partial charge in [-0.05, 0) is 49.4 Å². The van der Waals surface area contributed by atoms with Crippen LogP contribution in [0, 0.1) is 0 Å². The number of carbonyl (C=O) groups excluding carboxylic acids is 1. The van der Waals surface area contributed by atoms with Crippen LogP contribution >= 0.6 is 22.7 Å². The predicted molar refractivity (Wildman–Crippen MR) is 128 cm³/mol. The number of hydrogen-bond acceptors (Lipinski definition) is 9. The van der Waals surface area contributed by atoms with Crippen LogP contribution in [-0.2, 0) is 11.3 Å². The number of methoxy groups -OCH3 is 2. The highest BCUT2D eigenvalue weighted by atomic mass is 32.1. The van der Waals surface area contributed by atoms with Crippen LogP contribution in [0.3, 0.4) is 0 Å². The molecular weight excluding hydrogens is 460 g/mol. The van der Waals surface area contributed by atoms with Crippen LogP contribution < -0.4 is 14.2 Å². The Hall–Kier alpha value is -3.43. The summed E-state index contributed by atoms with van der Waals surface area (Å²) in [6, 6.07) is 13.2. The van der Waals surface area contributed by atoms with E-state index in [-0.39, 0.29) is 12.3 Å². The molecule has 0 radical (unpaired) electrons. The van der Waals surface area contributed by atoms with Crippen molar-refractivity contribution in [2.24, 2.45) is 0 Å². The summed E-state index contributed by atoms with van der Waals surface area (Å²) in [6.45, 7) is 2.55. The molecule has 4 aromatic rings. The number of nitrogens with zero attached hydrogens (tertiary/aromatic N) is 2. The van der Waals surface area contributed by atoms with E-state index in [1.54, 1.807) is 19.6 Å². The first kappa shape index (κ1) is 22.8. The van der Waals surface area contributed by atoms with Gasteiger partial charge in [0, 0.05) is 21.9 Å². The first-order valence-corrected chi connectivity index (χ1v) is 11.9. The molecule has 7 nitrogen and oxygen atoms in total. The predicted octanol–water partition coefficient (Wildman–Crippen LogP) is 5.71. The average Bonchev–Trinajstić information content (AvgIpc) is 3.53. The minimum Gasteiger partial charge on any atom is -0.497 e. The Bertz CT molecular complexity index is 1230. The van der Waals surface area contributed by atoms with Crippen molar-refractivity contribution in [3.63, 3.8) is 0 Å². The molecular formula is C24H22N2O5S2. The van der Waals surface area contributed by atoms with E-state index in [1.165, 1.54) is 22.7 Å². The van der Waals surface area contributed by atoms with Crippen molar-refractivity contribution in [1.82, 2.24) is 9.97 Å². The Kier molecular flexibility index (Phi) is 7.21. The highest BCUT2D eigenvalue weighted by Gasteiger charge is 2.15. The van der Waals surface area contributed by atoms with Gasteiger partial charge < -0.3 is 18.9 Å². The highest BCUT2D eigenvalue weighted by molar-refractivity contribution is 7.13. The Morgan fingerprint density at radius 3 is 2.33 bits per heavy atom. The molecule has 33 heavy (non-hydrogen) atoms. The summed E-state index contributed by atoms with van der Waals surface area (Å²) in [7, 11) is 3.22. The summed E-state index contributed by atoms with van der Waals surface area (Å²) >= 11 is 2.86. The number of aromatic nitrogens is 2. The van der Waals surface area contributed by atoms with Gasteiger partial charge in [-0.3, -0.25) is 0 Å². The lowest BCUT2D eigenvalue weighted by atomic mass is 10.2. The van der Waals surface area contributed by atoms with Gasteiger partial charge in [0.1, 0.15) is 22.4 Å². The molecule has 0 aliphatic rings. The van der Waals surface area contributed by atoms with Gasteiger partial charge in [0.2, 0.25) is 0 Å². The lowest BCUT2D eigenvalue weighted by Gasteiger charge is -2.09. The summed E-state index contributed by atoms with van der Waals surface area (Å²) in [6.07, 6.45) is 0. The first-order valence-electron chi connectivity index (χ1n) is 10.1. The molecule has 9 heteroatoms. The van der Waals surface area contributed by atoms with Gasteiger partial charge in [-0.15, -0.1) is 22.7 Å². The molecule has 0 bridgehead atoms. The zero-order valence-corrected chi connectivity index (χ0v) is 20.0. The number of ether oxygens (including phenoxy) is 4. The van der Waals surface area contributed by atoms with Crippen molar-refractivity contribution in [3.05, 3.63) is 64.6 Å². The van der Waals surface area contributed by atoms with E-state index in [1.807, 2.05) is 54.8 Å². The number of benzene rings is 2. The maximum atomic E-state index is 12.5. The van der Waals surface area contributed by atoms with Crippen LogP contribution in [-0.4, -0.2) is 36.8 Å². The molecule has 2 aromatic carbocycles. The highest BCUT2D eigenvalue weighted by Crippen LogP contribution is 2.34. The van der Waals surface area contributed by atoms with Crippen LogP contribution in [0.15, 0.2) is 53.2 Å². The Balaban J connectivity index is 1.39.